The lowest BCUT2D eigenvalue weighted by atomic mass is 10.1. The first-order chi connectivity index (χ1) is 64.9. The average molecular weight is 1750 g/mol. The van der Waals surface area contributed by atoms with Crippen molar-refractivity contribution in [2.75, 3.05) is 0 Å². The SMILES string of the molecule is C#C/C=C\C(=C/C)S(c1ccccc1)(c1ccccc1)c1ccc2nc3n(-c4cc(-c5cccc(-n6c7ccccc7c7ccccc76)c5)cc(-n5c6ccc(S(c7ccccc7)(c7ccccc7)c7ccccc7)cc6c6cc(S(c7ccccc7)(c7ccccc7)c7ccccc7)ccc65)n4)c4ccc(S(c5ccccc5)(c5ccccc5)c5ccccc5)cc4n3c2c1. The van der Waals surface area contributed by atoms with Crippen LogP contribution in [0, 0.1) is 12.3 Å². The van der Waals surface area contributed by atoms with Crippen molar-refractivity contribution >= 4 is 112 Å². The molecule has 0 amide bonds. The molecule has 0 unspecified atom stereocenters. The summed E-state index contributed by atoms with van der Waals surface area (Å²) >= 11 is 0. The molecule has 0 saturated carbocycles. The van der Waals surface area contributed by atoms with Crippen LogP contribution >= 0.6 is 40.1 Å². The Labute approximate surface area is 769 Å². The minimum absolute atomic E-state index is 0.685. The summed E-state index contributed by atoms with van der Waals surface area (Å²) in [5, 5.41) is 4.59. The molecule has 23 aromatic rings. The van der Waals surface area contributed by atoms with Crippen LogP contribution in [-0.4, -0.2) is 28.1 Å². The van der Waals surface area contributed by atoms with Crippen LogP contribution in [0.1, 0.15) is 6.92 Å². The number of pyridine rings is 1. The first kappa shape index (κ1) is 80.0. The quantitative estimate of drug-likeness (QED) is 0.0532. The van der Waals surface area contributed by atoms with Crippen molar-refractivity contribution in [3.05, 3.63) is 515 Å². The molecule has 626 valence electrons. The van der Waals surface area contributed by atoms with E-state index < -0.39 is 40.1 Å². The summed E-state index contributed by atoms with van der Waals surface area (Å²) in [6.45, 7) is 2.14. The Balaban J connectivity index is 0.864. The number of terminal acetylenes is 1. The van der Waals surface area contributed by atoms with Crippen LogP contribution in [0.4, 0.5) is 0 Å². The van der Waals surface area contributed by atoms with Crippen molar-refractivity contribution in [2.24, 2.45) is 0 Å². The van der Waals surface area contributed by atoms with Gasteiger partial charge in [0.25, 0.3) is 0 Å². The topological polar surface area (TPSA) is 45.0 Å². The van der Waals surface area contributed by atoms with Crippen molar-refractivity contribution in [1.82, 2.24) is 28.1 Å². The second-order valence-corrected chi connectivity index (χ2v) is 45.1. The molecule has 5 aromatic heterocycles. The van der Waals surface area contributed by atoms with E-state index in [2.05, 4.69) is 534 Å². The fourth-order valence-electron chi connectivity index (χ4n) is 20.2. The van der Waals surface area contributed by atoms with Crippen molar-refractivity contribution in [2.45, 2.75) is 80.4 Å². The summed E-state index contributed by atoms with van der Waals surface area (Å²) in [6, 6.07) is 183. The van der Waals surface area contributed by atoms with Crippen LogP contribution < -0.4 is 0 Å². The number of allylic oxidation sites excluding steroid dienone is 3. The summed E-state index contributed by atoms with van der Waals surface area (Å²) in [5.74, 6) is 5.01. The second-order valence-electron chi connectivity index (χ2n) is 32.7. The summed E-state index contributed by atoms with van der Waals surface area (Å²) in [7, 11) is -9.04. The van der Waals surface area contributed by atoms with Crippen molar-refractivity contribution in [3.63, 3.8) is 0 Å². The predicted octanol–water partition coefficient (Wildman–Crippen LogP) is 33.1. The molecule has 0 radical (unpaired) electrons. The molecule has 0 saturated heterocycles. The van der Waals surface area contributed by atoms with Crippen molar-refractivity contribution in [3.8, 4) is 40.8 Å². The lowest BCUT2D eigenvalue weighted by Crippen LogP contribution is -2.07. The third kappa shape index (κ3) is 12.9. The van der Waals surface area contributed by atoms with Crippen LogP contribution in [-0.2, 0) is 0 Å². The highest BCUT2D eigenvalue weighted by Crippen LogP contribution is 2.78. The molecule has 5 heterocycles. The first-order valence-corrected chi connectivity index (χ1v) is 50.8. The molecule has 0 N–H and O–H groups in total. The van der Waals surface area contributed by atoms with E-state index in [1.807, 2.05) is 6.08 Å². The summed E-state index contributed by atoms with van der Waals surface area (Å²) in [6.07, 6.45) is 12.5. The Hall–Kier alpha value is -15.6. The maximum atomic E-state index is 6.37. The van der Waals surface area contributed by atoms with E-state index in [9.17, 15) is 0 Å². The molecular weight excluding hydrogens is 1670 g/mol. The number of nitrogens with zero attached hydrogens (tertiary/aromatic N) is 6. The zero-order valence-corrected chi connectivity index (χ0v) is 75.2. The molecule has 6 nitrogen and oxygen atoms in total. The van der Waals surface area contributed by atoms with Gasteiger partial charge in [-0.2, -0.15) is 0 Å². The number of benzene rings is 18. The van der Waals surface area contributed by atoms with E-state index in [-0.39, 0.29) is 0 Å². The summed E-state index contributed by atoms with van der Waals surface area (Å²) < 4.78 is 9.69. The Morgan fingerprint density at radius 1 is 0.252 bits per heavy atom. The smallest absolute Gasteiger partial charge is 0.221 e. The Bertz CT molecular complexity index is 7760. The normalized spacial score (nSPS) is 12.8. The second kappa shape index (κ2) is 33.6. The lowest BCUT2D eigenvalue weighted by molar-refractivity contribution is 0.996. The van der Waals surface area contributed by atoms with E-state index in [4.69, 9.17) is 16.4 Å². The first-order valence-electron chi connectivity index (χ1n) is 44.3. The van der Waals surface area contributed by atoms with Crippen LogP contribution in [0.3, 0.4) is 0 Å². The van der Waals surface area contributed by atoms with Gasteiger partial charge >= 0.3 is 0 Å². The van der Waals surface area contributed by atoms with Crippen molar-refractivity contribution < 1.29 is 0 Å². The van der Waals surface area contributed by atoms with Gasteiger partial charge in [0.1, 0.15) is 11.6 Å². The number of hydrogen-bond donors (Lipinski definition) is 0. The van der Waals surface area contributed by atoms with Gasteiger partial charge in [0.15, 0.2) is 0 Å². The van der Waals surface area contributed by atoms with Gasteiger partial charge in [-0.25, -0.2) is 9.97 Å². The molecule has 10 heteroatoms. The highest BCUT2D eigenvalue weighted by molar-refractivity contribution is 8.37. The fourth-order valence-corrected chi connectivity index (χ4v) is 35.8. The molecule has 23 rings (SSSR count). The highest BCUT2D eigenvalue weighted by Gasteiger charge is 2.40. The number of hydrogen-bond acceptors (Lipinski definition) is 2. The van der Waals surface area contributed by atoms with Gasteiger partial charge in [-0.3, -0.25) is 13.5 Å². The van der Waals surface area contributed by atoms with Gasteiger partial charge in [0, 0.05) is 101 Å². The van der Waals surface area contributed by atoms with Crippen LogP contribution in [0.5, 0.6) is 0 Å². The van der Waals surface area contributed by atoms with Crippen LogP contribution in [0.2, 0.25) is 0 Å². The minimum atomic E-state index is -2.31. The molecule has 0 fully saturated rings. The van der Waals surface area contributed by atoms with E-state index in [1.165, 1.54) is 79.3 Å². The van der Waals surface area contributed by atoms with Gasteiger partial charge < -0.3 is 4.57 Å². The highest BCUT2D eigenvalue weighted by atomic mass is 32.3. The molecule has 0 aliphatic carbocycles. The van der Waals surface area contributed by atoms with E-state index in [0.717, 1.165) is 87.3 Å². The molecule has 18 aromatic carbocycles. The van der Waals surface area contributed by atoms with Gasteiger partial charge in [-0.15, -0.1) is 46.5 Å². The third-order valence-corrected chi connectivity index (χ3v) is 41.4. The molecular formula is C121H88N6S4. The van der Waals surface area contributed by atoms with Gasteiger partial charge in [-0.05, 0) is 278 Å². The van der Waals surface area contributed by atoms with Gasteiger partial charge in [0.2, 0.25) is 5.78 Å². The maximum absolute atomic E-state index is 6.37. The molecule has 0 spiro atoms. The molecule has 131 heavy (non-hydrogen) atoms. The maximum Gasteiger partial charge on any atom is 0.221 e. The summed E-state index contributed by atoms with van der Waals surface area (Å²) in [4.78, 5) is 31.7. The standard InChI is InChI=1S/C121H88N6S4/c1-3-5-46-91(4-2)128(92-47-17-6-18-48-92,93-49-19-7-20-50-93)105-73-77-111-117(86-105)126-118-87-106(131(100-63-33-14-34-64-100,101-65-35-15-36-66-101)102-67-37-16-38-68-102)76-80-116(118)127(121(126)122-111)120-83-89(88-44-43-45-90(81-88)124-112-71-41-39-69-107(112)108-70-40-42-72-113(108)124)82-119(123-120)125-114-78-74-103(129(94-51-21-8-22-52-94,95-53-23-9-24-54-95)96-55-25-10-26-56-96)84-109(114)110-85-104(75-79-115(110)125)130(97-57-27-11-28-58-97,98-59-29-12-30-60-98)99-61-31-13-32-62-99/h1,4-87H,2H3/b46-5-,91-4+. The number of aromatic nitrogens is 6. The molecule has 0 aliphatic rings. The third-order valence-electron chi connectivity index (χ3n) is 25.7. The largest absolute Gasteiger partial charge is 0.309 e. The fraction of sp³-hybridized carbons (Fsp3) is 0.00826. The van der Waals surface area contributed by atoms with Crippen LogP contribution in [0.25, 0.3) is 99.9 Å². The summed E-state index contributed by atoms with van der Waals surface area (Å²) in [5.41, 5.74) is 11.0. The van der Waals surface area contributed by atoms with Crippen molar-refractivity contribution in [1.29, 1.82) is 0 Å². The van der Waals surface area contributed by atoms with Crippen LogP contribution in [0.15, 0.2) is 588 Å². The molecule has 0 aliphatic heterocycles. The minimum Gasteiger partial charge on any atom is -0.309 e. The van der Waals surface area contributed by atoms with Gasteiger partial charge in [-0.1, -0.05) is 261 Å². The number of imidazole rings is 2. The van der Waals surface area contributed by atoms with Gasteiger partial charge in [0.05, 0.1) is 44.1 Å². The molecule has 0 bridgehead atoms. The number of para-hydroxylation sites is 2. The number of rotatable bonds is 21. The lowest BCUT2D eigenvalue weighted by Gasteiger charge is -2.42. The number of fused-ring (bicyclic) bond motifs is 11. The average Bonchev–Trinajstić information content (AvgIpc) is 1.56. The molecule has 0 atom stereocenters. The predicted molar refractivity (Wildman–Crippen MR) is 548 cm³/mol. The Morgan fingerprint density at radius 2 is 0.588 bits per heavy atom. The van der Waals surface area contributed by atoms with E-state index in [1.54, 1.807) is 0 Å². The Morgan fingerprint density at radius 3 is 0.977 bits per heavy atom. The van der Waals surface area contributed by atoms with E-state index in [0.29, 0.717) is 11.6 Å². The van der Waals surface area contributed by atoms with E-state index >= 15 is 0 Å². The Kier molecular flexibility index (Phi) is 20.5. The monoisotopic (exact) mass is 1750 g/mol. The zero-order valence-electron chi connectivity index (χ0n) is 71.9. The zero-order chi connectivity index (χ0) is 87.5.